The Balaban J connectivity index is 1.35. The number of ether oxygens (including phenoxy) is 4. The second-order valence-electron chi connectivity index (χ2n) is 10.7. The van der Waals surface area contributed by atoms with Crippen molar-refractivity contribution in [1.82, 2.24) is 4.98 Å². The van der Waals surface area contributed by atoms with Gasteiger partial charge in [-0.2, -0.15) is 0 Å². The number of aromatic nitrogens is 1. The number of carbonyl (C=O) groups excluding carboxylic acids is 4. The first-order valence-corrected chi connectivity index (χ1v) is 16.6. The van der Waals surface area contributed by atoms with Crippen LogP contribution >= 0.6 is 0 Å². The highest BCUT2D eigenvalue weighted by Gasteiger charge is 2.21. The summed E-state index contributed by atoms with van der Waals surface area (Å²) in [7, 11) is 0. The zero-order valence-electron chi connectivity index (χ0n) is 28.3. The summed E-state index contributed by atoms with van der Waals surface area (Å²) < 4.78 is 21.0. The summed E-state index contributed by atoms with van der Waals surface area (Å²) in [6.45, 7) is 1.54. The van der Waals surface area contributed by atoms with E-state index in [4.69, 9.17) is 18.9 Å². The van der Waals surface area contributed by atoms with Crippen molar-refractivity contribution in [2.45, 2.75) is 58.3 Å². The molecule has 260 valence electrons. The van der Waals surface area contributed by atoms with Crippen molar-refractivity contribution < 1.29 is 38.1 Å². The minimum absolute atomic E-state index is 0.0281. The molecule has 50 heavy (non-hydrogen) atoms. The van der Waals surface area contributed by atoms with Gasteiger partial charge in [0.2, 0.25) is 6.79 Å². The minimum Gasteiger partial charge on any atom is -0.428 e. The molecule has 0 saturated heterocycles. The van der Waals surface area contributed by atoms with Crippen molar-refractivity contribution in [3.05, 3.63) is 151 Å². The molecule has 0 aliphatic heterocycles. The molecule has 2 aromatic carbocycles. The van der Waals surface area contributed by atoms with E-state index >= 15 is 0 Å². The quantitative estimate of drug-likeness (QED) is 0.0379. The normalized spacial score (nSPS) is 11.5. The van der Waals surface area contributed by atoms with Gasteiger partial charge >= 0.3 is 23.9 Å². The third kappa shape index (κ3) is 14.9. The van der Waals surface area contributed by atoms with Crippen LogP contribution in [0.3, 0.4) is 0 Å². The third-order valence-corrected chi connectivity index (χ3v) is 6.84. The number of pyridine rings is 1. The predicted molar refractivity (Wildman–Crippen MR) is 192 cm³/mol. The zero-order valence-corrected chi connectivity index (χ0v) is 28.3. The SMILES string of the molecule is CCC=CCC=CCC=CCC=CCC=CCCCC(=O)OCOC(=O)c1ccccc1OC(=O)c1ccccc1OC(=O)c1cccnc1. The molecule has 0 N–H and O–H groups in total. The molecule has 0 amide bonds. The Morgan fingerprint density at radius 3 is 1.72 bits per heavy atom. The van der Waals surface area contributed by atoms with Crippen LogP contribution in [-0.4, -0.2) is 35.7 Å². The lowest BCUT2D eigenvalue weighted by Gasteiger charge is -2.12. The zero-order chi connectivity index (χ0) is 35.7. The second-order valence-corrected chi connectivity index (χ2v) is 10.7. The van der Waals surface area contributed by atoms with Crippen LogP contribution in [-0.2, 0) is 14.3 Å². The number of allylic oxidation sites excluding steroid dienone is 10. The number of hydrogen-bond donors (Lipinski definition) is 0. The van der Waals surface area contributed by atoms with Gasteiger partial charge in [0, 0.05) is 18.8 Å². The van der Waals surface area contributed by atoms with E-state index < -0.39 is 30.7 Å². The number of rotatable bonds is 20. The molecule has 1 aromatic heterocycles. The molecule has 0 radical (unpaired) electrons. The van der Waals surface area contributed by atoms with Gasteiger partial charge in [0.25, 0.3) is 0 Å². The molecule has 1 heterocycles. The van der Waals surface area contributed by atoms with Gasteiger partial charge in [-0.1, -0.05) is 91.9 Å². The highest BCUT2D eigenvalue weighted by atomic mass is 16.7. The first kappa shape index (κ1) is 38.6. The highest BCUT2D eigenvalue weighted by molar-refractivity contribution is 5.99. The van der Waals surface area contributed by atoms with Gasteiger partial charge in [0.1, 0.15) is 22.6 Å². The Hall–Kier alpha value is -5.83. The van der Waals surface area contributed by atoms with Gasteiger partial charge in [-0.05, 0) is 81.3 Å². The van der Waals surface area contributed by atoms with E-state index in [1.165, 1.54) is 42.7 Å². The Morgan fingerprint density at radius 1 is 0.600 bits per heavy atom. The summed E-state index contributed by atoms with van der Waals surface area (Å²) in [5.74, 6) is -3.03. The van der Waals surface area contributed by atoms with Gasteiger partial charge in [0.15, 0.2) is 0 Å². The fourth-order valence-corrected chi connectivity index (χ4v) is 4.28. The van der Waals surface area contributed by atoms with Gasteiger partial charge < -0.3 is 18.9 Å². The molecule has 0 bridgehead atoms. The Kier molecular flexibility index (Phi) is 18.1. The van der Waals surface area contributed by atoms with Crippen LogP contribution in [0.15, 0.2) is 134 Å². The van der Waals surface area contributed by atoms with Crippen LogP contribution in [0.25, 0.3) is 0 Å². The summed E-state index contributed by atoms with van der Waals surface area (Å²) in [4.78, 5) is 54.3. The van der Waals surface area contributed by atoms with Crippen molar-refractivity contribution in [1.29, 1.82) is 0 Å². The van der Waals surface area contributed by atoms with E-state index in [2.05, 4.69) is 66.6 Å². The van der Waals surface area contributed by atoms with Gasteiger partial charge in [-0.15, -0.1) is 0 Å². The van der Waals surface area contributed by atoms with E-state index in [0.717, 1.165) is 32.1 Å². The Morgan fingerprint density at radius 2 is 1.14 bits per heavy atom. The van der Waals surface area contributed by atoms with Gasteiger partial charge in [-0.25, -0.2) is 14.4 Å². The van der Waals surface area contributed by atoms with E-state index in [0.29, 0.717) is 12.8 Å². The highest BCUT2D eigenvalue weighted by Crippen LogP contribution is 2.25. The van der Waals surface area contributed by atoms with Gasteiger partial charge in [0.05, 0.1) is 5.56 Å². The van der Waals surface area contributed by atoms with Crippen LogP contribution in [0.5, 0.6) is 11.5 Å². The predicted octanol–water partition coefficient (Wildman–Crippen LogP) is 9.10. The van der Waals surface area contributed by atoms with Crippen molar-refractivity contribution in [2.75, 3.05) is 6.79 Å². The topological polar surface area (TPSA) is 118 Å². The number of benzene rings is 2. The maximum absolute atomic E-state index is 13.1. The number of hydrogen-bond acceptors (Lipinski definition) is 9. The van der Waals surface area contributed by atoms with E-state index in [1.54, 1.807) is 30.3 Å². The van der Waals surface area contributed by atoms with Crippen LogP contribution < -0.4 is 9.47 Å². The maximum atomic E-state index is 13.1. The Labute approximate surface area is 293 Å². The molecule has 0 atom stereocenters. The molecular formula is C41H43NO8. The fraction of sp³-hybridized carbons (Fsp3) is 0.244. The molecule has 3 rings (SSSR count). The molecule has 3 aromatic rings. The van der Waals surface area contributed by atoms with Crippen molar-refractivity contribution >= 4 is 23.9 Å². The summed E-state index contributed by atoms with van der Waals surface area (Å²) in [5, 5.41) is 0. The molecule has 0 fully saturated rings. The summed E-state index contributed by atoms with van der Waals surface area (Å²) in [5.41, 5.74) is 0.112. The molecule has 0 aliphatic rings. The van der Waals surface area contributed by atoms with Crippen LogP contribution in [0.2, 0.25) is 0 Å². The molecule has 9 nitrogen and oxygen atoms in total. The molecule has 9 heteroatoms. The largest absolute Gasteiger partial charge is 0.428 e. The molecule has 0 saturated carbocycles. The summed E-state index contributed by atoms with van der Waals surface area (Å²) in [6.07, 6.45) is 30.4. The maximum Gasteiger partial charge on any atom is 0.347 e. The van der Waals surface area contributed by atoms with Crippen LogP contribution in [0, 0.1) is 0 Å². The number of esters is 4. The minimum atomic E-state index is -0.862. The molecule has 0 spiro atoms. The molecule has 0 unspecified atom stereocenters. The lowest BCUT2D eigenvalue weighted by molar-refractivity contribution is -0.152. The van der Waals surface area contributed by atoms with Crippen LogP contribution in [0.4, 0.5) is 0 Å². The van der Waals surface area contributed by atoms with Gasteiger partial charge in [-0.3, -0.25) is 9.78 Å². The lowest BCUT2D eigenvalue weighted by atomic mass is 10.2. The number of para-hydroxylation sites is 2. The monoisotopic (exact) mass is 677 g/mol. The standard InChI is InChI=1S/C41H43NO8/c1-2-3-4-5-6-7-8-9-10-11-12-13-14-15-16-17-18-29-38(43)47-32-48-40(45)34-25-19-21-27-36(34)50-41(46)35-26-20-22-28-37(35)49-39(44)33-24-23-30-42-31-33/h3-4,6-7,9-10,12-13,15-16,19-28,30-31H,2,5,8,11,14,17-18,29,32H2,1H3. The number of carbonyl (C=O) groups is 4. The number of unbranched alkanes of at least 4 members (excludes halogenated alkanes) is 1. The lowest BCUT2D eigenvalue weighted by Crippen LogP contribution is -2.17. The van der Waals surface area contributed by atoms with Crippen LogP contribution in [0.1, 0.15) is 89.4 Å². The first-order valence-electron chi connectivity index (χ1n) is 16.6. The third-order valence-electron chi connectivity index (χ3n) is 6.84. The number of nitrogens with zero attached hydrogens (tertiary/aromatic N) is 1. The molecular weight excluding hydrogens is 634 g/mol. The summed E-state index contributed by atoms with van der Waals surface area (Å²) >= 11 is 0. The van der Waals surface area contributed by atoms with E-state index in [9.17, 15) is 19.2 Å². The first-order chi connectivity index (χ1) is 24.5. The average molecular weight is 678 g/mol. The smallest absolute Gasteiger partial charge is 0.347 e. The van der Waals surface area contributed by atoms with E-state index in [1.807, 2.05) is 6.08 Å². The fourth-order valence-electron chi connectivity index (χ4n) is 4.28. The average Bonchev–Trinajstić information content (AvgIpc) is 3.13. The van der Waals surface area contributed by atoms with E-state index in [-0.39, 0.29) is 34.6 Å². The van der Waals surface area contributed by atoms with Crippen molar-refractivity contribution in [2.24, 2.45) is 0 Å². The molecule has 0 aliphatic carbocycles. The summed E-state index contributed by atoms with van der Waals surface area (Å²) in [6, 6.07) is 15.1. The van der Waals surface area contributed by atoms with Crippen molar-refractivity contribution in [3.63, 3.8) is 0 Å². The second kappa shape index (κ2) is 23.5. The Bertz CT molecular complexity index is 1670. The van der Waals surface area contributed by atoms with Crippen molar-refractivity contribution in [3.8, 4) is 11.5 Å².